The molecule has 12 heteroatoms. The van der Waals surface area contributed by atoms with E-state index in [4.69, 9.17) is 24.7 Å². The first-order valence-electron chi connectivity index (χ1n) is 11.0. The lowest BCUT2D eigenvalue weighted by atomic mass is 10.0. The van der Waals surface area contributed by atoms with Gasteiger partial charge in [-0.25, -0.2) is 14.8 Å². The zero-order valence-corrected chi connectivity index (χ0v) is 20.2. The molecule has 1 heterocycles. The van der Waals surface area contributed by atoms with E-state index < -0.39 is 23.8 Å². The molecule has 9 nitrogen and oxygen atoms in total. The second-order valence-electron chi connectivity index (χ2n) is 7.73. The molecule has 0 aliphatic carbocycles. The lowest BCUT2D eigenvalue weighted by molar-refractivity contribution is -0.137. The van der Waals surface area contributed by atoms with Gasteiger partial charge in [-0.3, -0.25) is 0 Å². The Hall–Kier alpha value is -3.80. The minimum absolute atomic E-state index is 0.0354. The maximum atomic E-state index is 13.3. The Labute approximate surface area is 205 Å². The third-order valence-corrected chi connectivity index (χ3v) is 5.14. The molecule has 0 amide bonds. The smallest absolute Gasteiger partial charge is 0.416 e. The second-order valence-corrected chi connectivity index (χ2v) is 7.73. The molecule has 0 saturated carbocycles. The number of nitrogens with one attached hydrogen (secondary N) is 1. The summed E-state index contributed by atoms with van der Waals surface area (Å²) in [6.45, 7) is 3.97. The third kappa shape index (κ3) is 6.25. The summed E-state index contributed by atoms with van der Waals surface area (Å²) in [5.74, 6) is -0.0633. The lowest BCUT2D eigenvalue weighted by Crippen LogP contribution is -2.15. The van der Waals surface area contributed by atoms with E-state index in [1.54, 1.807) is 26.0 Å². The van der Waals surface area contributed by atoms with Crippen LogP contribution in [0, 0.1) is 0 Å². The Bertz CT molecular complexity index is 1240. The van der Waals surface area contributed by atoms with Crippen LogP contribution in [-0.4, -0.2) is 50.0 Å². The number of nitrogens with zero attached hydrogens (tertiary/aromatic N) is 2. The van der Waals surface area contributed by atoms with E-state index in [0.29, 0.717) is 29.0 Å². The number of hydrogen-bond acceptors (Lipinski definition) is 9. The van der Waals surface area contributed by atoms with E-state index in [-0.39, 0.29) is 36.1 Å². The zero-order chi connectivity index (χ0) is 26.5. The SMILES string of the molecule is CCOC(=O)c1nc(N[C@H](C)c2cc(N)cc(C(F)(F)F)c2)c2cc(OCCOC)c(OC)cc2n1. The minimum Gasteiger partial charge on any atom is -0.493 e. The zero-order valence-electron chi connectivity index (χ0n) is 20.2. The quantitative estimate of drug-likeness (QED) is 0.230. The number of anilines is 2. The van der Waals surface area contributed by atoms with Crippen molar-refractivity contribution in [1.82, 2.24) is 9.97 Å². The number of methoxy groups -OCH3 is 2. The maximum Gasteiger partial charge on any atom is 0.416 e. The molecule has 3 N–H and O–H groups in total. The molecule has 3 rings (SSSR count). The number of ether oxygens (including phenoxy) is 4. The molecule has 0 aliphatic heterocycles. The van der Waals surface area contributed by atoms with Crippen molar-refractivity contribution >= 4 is 28.4 Å². The molecular formula is C24H27F3N4O5. The number of carbonyl (C=O) groups excluding carboxylic acids is 1. The number of aromatic nitrogens is 2. The molecule has 2 aromatic carbocycles. The van der Waals surface area contributed by atoms with Gasteiger partial charge < -0.3 is 30.0 Å². The van der Waals surface area contributed by atoms with Crippen molar-refractivity contribution in [3.05, 3.63) is 47.3 Å². The van der Waals surface area contributed by atoms with Crippen LogP contribution in [0.4, 0.5) is 24.7 Å². The first-order valence-corrected chi connectivity index (χ1v) is 11.0. The molecule has 36 heavy (non-hydrogen) atoms. The molecule has 0 bridgehead atoms. The first kappa shape index (κ1) is 26.8. The summed E-state index contributed by atoms with van der Waals surface area (Å²) in [6, 6.07) is 5.82. The Kier molecular flexibility index (Phi) is 8.41. The monoisotopic (exact) mass is 508 g/mol. The van der Waals surface area contributed by atoms with Gasteiger partial charge >= 0.3 is 12.1 Å². The van der Waals surface area contributed by atoms with Crippen molar-refractivity contribution in [1.29, 1.82) is 0 Å². The summed E-state index contributed by atoms with van der Waals surface area (Å²) < 4.78 is 61.1. The topological polar surface area (TPSA) is 118 Å². The van der Waals surface area contributed by atoms with Gasteiger partial charge in [0, 0.05) is 24.2 Å². The van der Waals surface area contributed by atoms with Gasteiger partial charge in [-0.1, -0.05) is 0 Å². The van der Waals surface area contributed by atoms with Crippen LogP contribution in [0.3, 0.4) is 0 Å². The summed E-state index contributed by atoms with van der Waals surface area (Å²) in [7, 11) is 2.99. The highest BCUT2D eigenvalue weighted by atomic mass is 19.4. The fraction of sp³-hybridized carbons (Fsp3) is 0.375. The normalized spacial score (nSPS) is 12.3. The van der Waals surface area contributed by atoms with Crippen LogP contribution in [0.1, 0.15) is 41.6 Å². The Balaban J connectivity index is 2.10. The number of carbonyl (C=O) groups is 1. The minimum atomic E-state index is -4.56. The molecule has 0 fully saturated rings. The highest BCUT2D eigenvalue weighted by Crippen LogP contribution is 2.37. The van der Waals surface area contributed by atoms with E-state index >= 15 is 0 Å². The lowest BCUT2D eigenvalue weighted by Gasteiger charge is -2.20. The number of halogens is 3. The summed E-state index contributed by atoms with van der Waals surface area (Å²) in [4.78, 5) is 21.0. The number of benzene rings is 2. The van der Waals surface area contributed by atoms with Gasteiger partial charge in [0.15, 0.2) is 11.5 Å². The number of hydrogen-bond donors (Lipinski definition) is 2. The van der Waals surface area contributed by atoms with Gasteiger partial charge in [0.25, 0.3) is 0 Å². The van der Waals surface area contributed by atoms with Crippen LogP contribution < -0.4 is 20.5 Å². The molecule has 3 aromatic rings. The number of rotatable bonds is 10. The molecule has 0 saturated heterocycles. The summed E-state index contributed by atoms with van der Waals surface area (Å²) in [5.41, 5.74) is 5.43. The third-order valence-electron chi connectivity index (χ3n) is 5.14. The fourth-order valence-electron chi connectivity index (χ4n) is 3.42. The fourth-order valence-corrected chi connectivity index (χ4v) is 3.42. The number of nitrogens with two attached hydrogens (primary N) is 1. The van der Waals surface area contributed by atoms with Crippen molar-refractivity contribution in [3.63, 3.8) is 0 Å². The van der Waals surface area contributed by atoms with Crippen LogP contribution in [0.25, 0.3) is 10.9 Å². The van der Waals surface area contributed by atoms with E-state index in [1.165, 1.54) is 20.3 Å². The van der Waals surface area contributed by atoms with Gasteiger partial charge in [-0.2, -0.15) is 13.2 Å². The molecule has 1 atom stereocenters. The van der Waals surface area contributed by atoms with E-state index in [9.17, 15) is 18.0 Å². The summed E-state index contributed by atoms with van der Waals surface area (Å²) >= 11 is 0. The Morgan fingerprint density at radius 1 is 1.08 bits per heavy atom. The molecule has 0 spiro atoms. The number of alkyl halides is 3. The van der Waals surface area contributed by atoms with Crippen molar-refractivity contribution in [2.45, 2.75) is 26.1 Å². The highest BCUT2D eigenvalue weighted by Gasteiger charge is 2.31. The average Bonchev–Trinajstić information content (AvgIpc) is 2.83. The standard InChI is InChI=1S/C24H27F3N4O5/c1-5-35-23(32)22-30-18-12-19(34-4)20(36-7-6-33-3)11-17(18)21(31-22)29-13(2)14-8-15(24(25,26)27)10-16(28)9-14/h8-13H,5-7,28H2,1-4H3,(H,29,30,31)/t13-/m1/s1. The predicted octanol–water partition coefficient (Wildman–Crippen LogP) is 4.61. The van der Waals surface area contributed by atoms with Crippen LogP contribution >= 0.6 is 0 Å². The molecule has 0 radical (unpaired) electrons. The summed E-state index contributed by atoms with van der Waals surface area (Å²) in [5, 5.41) is 3.52. The molecule has 0 aliphatic rings. The van der Waals surface area contributed by atoms with Crippen LogP contribution in [0.2, 0.25) is 0 Å². The number of fused-ring (bicyclic) bond motifs is 1. The predicted molar refractivity (Wildman–Crippen MR) is 127 cm³/mol. The Morgan fingerprint density at radius 3 is 2.47 bits per heavy atom. The van der Waals surface area contributed by atoms with E-state index in [2.05, 4.69) is 15.3 Å². The van der Waals surface area contributed by atoms with Gasteiger partial charge in [0.2, 0.25) is 5.82 Å². The van der Waals surface area contributed by atoms with Crippen LogP contribution in [-0.2, 0) is 15.7 Å². The molecule has 0 unspecified atom stereocenters. The molecule has 1 aromatic heterocycles. The largest absolute Gasteiger partial charge is 0.493 e. The van der Waals surface area contributed by atoms with Gasteiger partial charge in [-0.05, 0) is 43.7 Å². The number of esters is 1. The van der Waals surface area contributed by atoms with E-state index in [1.807, 2.05) is 0 Å². The highest BCUT2D eigenvalue weighted by molar-refractivity contribution is 5.96. The van der Waals surface area contributed by atoms with Crippen LogP contribution in [0.5, 0.6) is 11.5 Å². The van der Waals surface area contributed by atoms with Crippen LogP contribution in [0.15, 0.2) is 30.3 Å². The van der Waals surface area contributed by atoms with Crippen molar-refractivity contribution in [3.8, 4) is 11.5 Å². The first-order chi connectivity index (χ1) is 17.1. The van der Waals surface area contributed by atoms with Crippen molar-refractivity contribution < 1.29 is 36.9 Å². The maximum absolute atomic E-state index is 13.3. The van der Waals surface area contributed by atoms with Gasteiger partial charge in [0.05, 0.1) is 37.4 Å². The Morgan fingerprint density at radius 2 is 1.83 bits per heavy atom. The average molecular weight is 508 g/mol. The van der Waals surface area contributed by atoms with Gasteiger partial charge in [0.1, 0.15) is 12.4 Å². The molecular weight excluding hydrogens is 481 g/mol. The number of nitrogen functional groups attached to an aromatic ring is 1. The van der Waals surface area contributed by atoms with E-state index in [0.717, 1.165) is 12.1 Å². The van der Waals surface area contributed by atoms with Crippen molar-refractivity contribution in [2.24, 2.45) is 0 Å². The second kappa shape index (κ2) is 11.3. The molecule has 194 valence electrons. The summed E-state index contributed by atoms with van der Waals surface area (Å²) in [6.07, 6.45) is -4.56. The van der Waals surface area contributed by atoms with Gasteiger partial charge in [-0.15, -0.1) is 0 Å². The van der Waals surface area contributed by atoms with Crippen molar-refractivity contribution in [2.75, 3.05) is 45.1 Å².